The predicted octanol–water partition coefficient (Wildman–Crippen LogP) is 5.95. The van der Waals surface area contributed by atoms with Gasteiger partial charge in [0.2, 0.25) is 0 Å². The Kier molecular flexibility index (Phi) is 8.52. The van der Waals surface area contributed by atoms with Crippen LogP contribution in [0.1, 0.15) is 35.3 Å². The van der Waals surface area contributed by atoms with Gasteiger partial charge in [-0.2, -0.15) is 0 Å². The van der Waals surface area contributed by atoms with Gasteiger partial charge in [-0.15, -0.1) is 0 Å². The van der Waals surface area contributed by atoms with Gasteiger partial charge in [0, 0.05) is 16.7 Å². The maximum absolute atomic E-state index is 14.8. The number of carbonyl (C=O) groups excluding carboxylic acids is 3. The Bertz CT molecular complexity index is 1310. The van der Waals surface area contributed by atoms with Crippen LogP contribution in [-0.2, 0) is 32.3 Å². The summed E-state index contributed by atoms with van der Waals surface area (Å²) in [5.74, 6) is -2.00. The molecule has 3 aromatic carbocycles. The number of carbonyl (C=O) groups is 3. The average Bonchev–Trinajstić information content (AvgIpc) is 2.86. The molecular weight excluding hydrogens is 463 g/mol. The van der Waals surface area contributed by atoms with Gasteiger partial charge >= 0.3 is 17.9 Å². The van der Waals surface area contributed by atoms with Gasteiger partial charge in [-0.05, 0) is 54.8 Å². The fraction of sp³-hybridized carbons (Fsp3) is 0.138. The van der Waals surface area contributed by atoms with E-state index in [1.54, 1.807) is 62.4 Å². The third kappa shape index (κ3) is 6.99. The Hall–Kier alpha value is -4.52. The summed E-state index contributed by atoms with van der Waals surface area (Å²) < 4.78 is 30.3. The molecular formula is C29H25FO6. The Morgan fingerprint density at radius 2 is 1.25 bits per heavy atom. The van der Waals surface area contributed by atoms with Crippen LogP contribution in [0.4, 0.5) is 4.39 Å². The zero-order valence-corrected chi connectivity index (χ0v) is 20.0. The zero-order chi connectivity index (χ0) is 26.2. The minimum absolute atomic E-state index is 0.0547. The van der Waals surface area contributed by atoms with Crippen molar-refractivity contribution < 1.29 is 33.0 Å². The first kappa shape index (κ1) is 26.1. The largest absolute Gasteiger partial charge is 0.457 e. The molecule has 0 N–H and O–H groups in total. The quantitative estimate of drug-likeness (QED) is 0.210. The highest BCUT2D eigenvalue weighted by atomic mass is 19.1. The second-order valence-electron chi connectivity index (χ2n) is 8.14. The number of hydrogen-bond acceptors (Lipinski definition) is 6. The molecule has 0 aliphatic rings. The van der Waals surface area contributed by atoms with Gasteiger partial charge in [-0.3, -0.25) is 0 Å². The van der Waals surface area contributed by atoms with E-state index in [0.717, 1.165) is 11.6 Å². The van der Waals surface area contributed by atoms with Gasteiger partial charge in [0.15, 0.2) is 0 Å². The van der Waals surface area contributed by atoms with Gasteiger partial charge in [0.1, 0.15) is 24.8 Å². The maximum atomic E-state index is 14.8. The number of ether oxygens (including phenoxy) is 3. The first-order valence-corrected chi connectivity index (χ1v) is 11.0. The van der Waals surface area contributed by atoms with Crippen LogP contribution < -0.4 is 4.74 Å². The molecule has 184 valence electrons. The van der Waals surface area contributed by atoms with E-state index in [0.29, 0.717) is 27.8 Å². The Balaban J connectivity index is 1.61. The third-order valence-corrected chi connectivity index (χ3v) is 5.04. The van der Waals surface area contributed by atoms with Crippen LogP contribution in [-0.4, -0.2) is 17.9 Å². The second kappa shape index (κ2) is 11.8. The summed E-state index contributed by atoms with van der Waals surface area (Å²) in [5.41, 5.74) is 3.03. The van der Waals surface area contributed by atoms with Crippen molar-refractivity contribution in [3.8, 4) is 16.9 Å². The molecule has 6 nitrogen and oxygen atoms in total. The van der Waals surface area contributed by atoms with Crippen molar-refractivity contribution in [1.82, 2.24) is 0 Å². The van der Waals surface area contributed by atoms with Crippen LogP contribution in [0.5, 0.6) is 5.75 Å². The smallest absolute Gasteiger partial charge is 0.343 e. The van der Waals surface area contributed by atoms with E-state index in [1.807, 2.05) is 0 Å². The van der Waals surface area contributed by atoms with E-state index in [-0.39, 0.29) is 24.5 Å². The lowest BCUT2D eigenvalue weighted by Gasteiger charge is -2.09. The summed E-state index contributed by atoms with van der Waals surface area (Å²) in [6, 6.07) is 17.4. The SMILES string of the molecule is C=C(C)C(=O)OCc1ccc(OC(=O)c2ccc(-c3ccc(COC(=O)C(=C)C)cc3)c(F)c2)cc1. The van der Waals surface area contributed by atoms with Crippen LogP contribution in [0, 0.1) is 5.82 Å². The number of rotatable bonds is 9. The van der Waals surface area contributed by atoms with Crippen LogP contribution in [0.15, 0.2) is 91.0 Å². The first-order chi connectivity index (χ1) is 17.1. The fourth-order valence-electron chi connectivity index (χ4n) is 3.02. The number of halogens is 1. The van der Waals surface area contributed by atoms with Gasteiger partial charge in [0.05, 0.1) is 5.56 Å². The Labute approximate surface area is 208 Å². The molecule has 0 saturated carbocycles. The monoisotopic (exact) mass is 488 g/mol. The summed E-state index contributed by atoms with van der Waals surface area (Å²) in [7, 11) is 0. The molecule has 0 heterocycles. The number of benzene rings is 3. The first-order valence-electron chi connectivity index (χ1n) is 11.0. The normalized spacial score (nSPS) is 10.3. The van der Waals surface area contributed by atoms with Crippen molar-refractivity contribution in [2.75, 3.05) is 0 Å². The van der Waals surface area contributed by atoms with Gasteiger partial charge in [-0.25, -0.2) is 18.8 Å². The zero-order valence-electron chi connectivity index (χ0n) is 20.0. The molecule has 0 aromatic heterocycles. The lowest BCUT2D eigenvalue weighted by atomic mass is 10.0. The molecule has 0 spiro atoms. The van der Waals surface area contributed by atoms with Crippen molar-refractivity contribution >= 4 is 17.9 Å². The molecule has 0 atom stereocenters. The molecule has 0 radical (unpaired) electrons. The van der Waals surface area contributed by atoms with Crippen LogP contribution in [0.3, 0.4) is 0 Å². The number of hydrogen-bond donors (Lipinski definition) is 0. The molecule has 0 aliphatic carbocycles. The molecule has 0 bridgehead atoms. The van der Waals surface area contributed by atoms with E-state index in [2.05, 4.69) is 13.2 Å². The van der Waals surface area contributed by atoms with E-state index in [9.17, 15) is 18.8 Å². The summed E-state index contributed by atoms with van der Waals surface area (Å²) in [5, 5.41) is 0. The van der Waals surface area contributed by atoms with Crippen molar-refractivity contribution in [1.29, 1.82) is 0 Å². The highest BCUT2D eigenvalue weighted by Gasteiger charge is 2.14. The molecule has 0 aliphatic heterocycles. The highest BCUT2D eigenvalue weighted by Crippen LogP contribution is 2.25. The Morgan fingerprint density at radius 3 is 1.72 bits per heavy atom. The van der Waals surface area contributed by atoms with Crippen LogP contribution in [0.25, 0.3) is 11.1 Å². The molecule has 3 aromatic rings. The van der Waals surface area contributed by atoms with Crippen molar-refractivity contribution in [2.45, 2.75) is 27.1 Å². The summed E-state index contributed by atoms with van der Waals surface area (Å²) in [6.07, 6.45) is 0. The molecule has 0 unspecified atom stereocenters. The van der Waals surface area contributed by atoms with E-state index in [1.165, 1.54) is 12.1 Å². The van der Waals surface area contributed by atoms with Gasteiger partial charge in [-0.1, -0.05) is 55.6 Å². The topological polar surface area (TPSA) is 78.9 Å². The second-order valence-corrected chi connectivity index (χ2v) is 8.14. The molecule has 0 saturated heterocycles. The summed E-state index contributed by atoms with van der Waals surface area (Å²) in [6.45, 7) is 10.3. The maximum Gasteiger partial charge on any atom is 0.343 e. The molecule has 7 heteroatoms. The lowest BCUT2D eigenvalue weighted by Crippen LogP contribution is -2.09. The molecule has 3 rings (SSSR count). The van der Waals surface area contributed by atoms with Crippen LogP contribution in [0.2, 0.25) is 0 Å². The highest BCUT2D eigenvalue weighted by molar-refractivity contribution is 5.92. The third-order valence-electron chi connectivity index (χ3n) is 5.04. The number of esters is 3. The van der Waals surface area contributed by atoms with Gasteiger partial charge < -0.3 is 14.2 Å². The Morgan fingerprint density at radius 1 is 0.750 bits per heavy atom. The average molecular weight is 489 g/mol. The summed E-state index contributed by atoms with van der Waals surface area (Å²) >= 11 is 0. The lowest BCUT2D eigenvalue weighted by molar-refractivity contribution is -0.141. The van der Waals surface area contributed by atoms with Crippen molar-refractivity contribution in [2.24, 2.45) is 0 Å². The van der Waals surface area contributed by atoms with E-state index < -0.39 is 23.7 Å². The van der Waals surface area contributed by atoms with Crippen LogP contribution >= 0.6 is 0 Å². The van der Waals surface area contributed by atoms with Crippen molar-refractivity contribution in [3.63, 3.8) is 0 Å². The van der Waals surface area contributed by atoms with Gasteiger partial charge in [0.25, 0.3) is 0 Å². The van der Waals surface area contributed by atoms with E-state index in [4.69, 9.17) is 14.2 Å². The van der Waals surface area contributed by atoms with Crippen molar-refractivity contribution in [3.05, 3.63) is 114 Å². The minimum Gasteiger partial charge on any atom is -0.457 e. The molecule has 36 heavy (non-hydrogen) atoms. The fourth-order valence-corrected chi connectivity index (χ4v) is 3.02. The molecule has 0 amide bonds. The van der Waals surface area contributed by atoms with E-state index >= 15 is 0 Å². The minimum atomic E-state index is -0.711. The summed E-state index contributed by atoms with van der Waals surface area (Å²) in [4.78, 5) is 35.5. The predicted molar refractivity (Wildman–Crippen MR) is 132 cm³/mol. The molecule has 0 fully saturated rings. The standard InChI is InChI=1S/C29H25FO6/c1-18(2)27(31)34-16-20-5-9-22(10-6-20)25-14-11-23(15-26(25)30)29(33)36-24-12-7-21(8-13-24)17-35-28(32)19(3)4/h5-15H,1,3,16-17H2,2,4H3.